The molecule has 0 fully saturated rings. The minimum Gasteiger partial charge on any atom is -0.507 e. The third kappa shape index (κ3) is 6.50. The zero-order valence-electron chi connectivity index (χ0n) is 31.3. The van der Waals surface area contributed by atoms with Crippen molar-refractivity contribution in [2.24, 2.45) is 28.7 Å². The average molecular weight is 723 g/mol. The van der Waals surface area contributed by atoms with Crippen LogP contribution in [0.2, 0.25) is 0 Å². The van der Waals surface area contributed by atoms with Crippen molar-refractivity contribution in [3.63, 3.8) is 0 Å². The number of amidine groups is 1. The summed E-state index contributed by atoms with van der Waals surface area (Å²) in [5.74, 6) is -6.03. The van der Waals surface area contributed by atoms with Crippen molar-refractivity contribution in [1.29, 1.82) is 0 Å². The summed E-state index contributed by atoms with van der Waals surface area (Å²) in [7, 11) is 3.22. The summed E-state index contributed by atoms with van der Waals surface area (Å²) in [6, 6.07) is 0. The van der Waals surface area contributed by atoms with Crippen LogP contribution in [0.25, 0.3) is 10.8 Å². The lowest BCUT2D eigenvalue weighted by Crippen LogP contribution is -2.46. The van der Waals surface area contributed by atoms with E-state index in [9.17, 15) is 35.1 Å². The van der Waals surface area contributed by atoms with Gasteiger partial charge in [-0.05, 0) is 25.5 Å². The van der Waals surface area contributed by atoms with Crippen LogP contribution < -0.4 is 4.74 Å². The Bertz CT molecular complexity index is 1900. The van der Waals surface area contributed by atoms with Gasteiger partial charge in [0.2, 0.25) is 0 Å². The third-order valence-corrected chi connectivity index (χ3v) is 10.8. The molecular formula is C39H50N2O11. The fraction of sp³-hybridized carbons (Fsp3) is 0.513. The van der Waals surface area contributed by atoms with Gasteiger partial charge in [0.05, 0.1) is 42.1 Å². The molecule has 13 heteroatoms. The molecule has 5 aliphatic heterocycles. The maximum absolute atomic E-state index is 14.2. The first-order valence-corrected chi connectivity index (χ1v) is 17.4. The molecule has 2 aromatic rings. The molecule has 9 unspecified atom stereocenters. The number of esters is 1. The summed E-state index contributed by atoms with van der Waals surface area (Å²) in [6.07, 6.45) is 4.50. The molecule has 7 rings (SSSR count). The van der Waals surface area contributed by atoms with Gasteiger partial charge in [0.15, 0.2) is 5.75 Å². The second-order valence-electron chi connectivity index (χ2n) is 14.5. The van der Waals surface area contributed by atoms with E-state index in [0.717, 1.165) is 0 Å². The number of aromatic hydroxyl groups is 3. The number of benzene rings is 2. The second kappa shape index (κ2) is 14.4. The van der Waals surface area contributed by atoms with Crippen LogP contribution in [0.4, 0.5) is 5.69 Å². The number of fused-ring (bicyclic) bond motifs is 1. The van der Waals surface area contributed by atoms with Crippen molar-refractivity contribution < 1.29 is 54.1 Å². The van der Waals surface area contributed by atoms with Crippen LogP contribution in [0.5, 0.6) is 23.0 Å². The standard InChI is InChI=1S/C39H50N2O11/c1-17-12-11-13-18(2)38-40-29-24(16-41(38)9)33(46)26-27(34(29)47)32(45)22(6)36-28(26)37(48)39(8,52-36)50-15-14-25(49-10)19(3)35(51-23(7)42)21(5)31(44)20(4)30(17)43/h11-15,17,19-21,25,30-31,35,43-47H,16H2,1-10H3/b12-11+,15-14-,18-13-. The van der Waals surface area contributed by atoms with Crippen molar-refractivity contribution in [1.82, 2.24) is 4.90 Å². The van der Waals surface area contributed by atoms with Crippen LogP contribution in [0.3, 0.4) is 0 Å². The van der Waals surface area contributed by atoms with E-state index in [4.69, 9.17) is 23.9 Å². The fourth-order valence-corrected chi connectivity index (χ4v) is 7.59. The van der Waals surface area contributed by atoms with Crippen LogP contribution in [0, 0.1) is 30.6 Å². The highest BCUT2D eigenvalue weighted by Crippen LogP contribution is 2.56. The van der Waals surface area contributed by atoms with Crippen molar-refractivity contribution in [3.8, 4) is 23.0 Å². The normalized spacial score (nSPS) is 33.3. The van der Waals surface area contributed by atoms with Gasteiger partial charge in [-0.1, -0.05) is 45.9 Å². The van der Waals surface area contributed by atoms with Gasteiger partial charge in [0.1, 0.15) is 34.9 Å². The number of aliphatic imine (C=N–C) groups is 1. The molecule has 0 radical (unpaired) electrons. The number of hydrogen-bond acceptors (Lipinski definition) is 13. The Labute approximate surface area is 303 Å². The van der Waals surface area contributed by atoms with Gasteiger partial charge in [-0.2, -0.15) is 0 Å². The van der Waals surface area contributed by atoms with Gasteiger partial charge in [-0.3, -0.25) is 9.59 Å². The number of nitrogens with zero attached hydrogens (tertiary/aromatic N) is 2. The predicted molar refractivity (Wildman–Crippen MR) is 194 cm³/mol. The Morgan fingerprint density at radius 3 is 2.29 bits per heavy atom. The number of methoxy groups -OCH3 is 1. The first kappa shape index (κ1) is 38.6. The lowest BCUT2D eigenvalue weighted by Gasteiger charge is -2.38. The molecule has 0 aromatic heterocycles. The van der Waals surface area contributed by atoms with Gasteiger partial charge >= 0.3 is 11.8 Å². The molecule has 0 aliphatic carbocycles. The number of aliphatic hydroxyl groups is 2. The summed E-state index contributed by atoms with van der Waals surface area (Å²) < 4.78 is 23.5. The molecule has 9 atom stereocenters. The first-order chi connectivity index (χ1) is 24.4. The Balaban J connectivity index is 1.70. The summed E-state index contributed by atoms with van der Waals surface area (Å²) in [6.45, 7) is 13.2. The number of phenolic OH excluding ortho intramolecular Hbond substituents is 3. The fourth-order valence-electron chi connectivity index (χ4n) is 7.59. The molecule has 5 N–H and O–H groups in total. The SMILES string of the molecule is COC1/C=C\OC2(C)Oc3c(C)c(O)c4c(O)c5c(c(O)c4c3C2=O)CN(C)C(=N5)/C(C)=C\C=C\C(C)C(O)C(C)C(O)C(C)C(OC(C)=O)C1C. The molecule has 0 amide bonds. The maximum atomic E-state index is 14.2. The van der Waals surface area contributed by atoms with Crippen LogP contribution in [0.15, 0.2) is 41.1 Å². The lowest BCUT2D eigenvalue weighted by atomic mass is 9.78. The Morgan fingerprint density at radius 2 is 1.65 bits per heavy atom. The zero-order chi connectivity index (χ0) is 38.6. The Hall–Kier alpha value is -4.59. The monoisotopic (exact) mass is 722 g/mol. The van der Waals surface area contributed by atoms with Crippen LogP contribution in [0.1, 0.15) is 70.0 Å². The number of phenols is 3. The predicted octanol–water partition coefficient (Wildman–Crippen LogP) is 5.29. The van der Waals surface area contributed by atoms with Crippen molar-refractivity contribution in [2.45, 2.75) is 92.1 Å². The molecule has 2 aromatic carbocycles. The molecule has 5 aliphatic rings. The Kier molecular flexibility index (Phi) is 10.7. The van der Waals surface area contributed by atoms with Crippen LogP contribution in [-0.4, -0.2) is 92.4 Å². The summed E-state index contributed by atoms with van der Waals surface area (Å²) >= 11 is 0. The molecule has 7 bridgehead atoms. The number of rotatable bonds is 2. The van der Waals surface area contributed by atoms with E-state index in [2.05, 4.69) is 0 Å². The lowest BCUT2D eigenvalue weighted by molar-refractivity contribution is -0.160. The van der Waals surface area contributed by atoms with E-state index in [-0.39, 0.29) is 57.1 Å². The number of aliphatic hydroxyl groups excluding tert-OH is 2. The van der Waals surface area contributed by atoms with Crippen molar-refractivity contribution >= 4 is 34.0 Å². The van der Waals surface area contributed by atoms with E-state index in [0.29, 0.717) is 11.4 Å². The number of hydrogen-bond donors (Lipinski definition) is 5. The number of ketones is 1. The molecule has 13 nitrogen and oxygen atoms in total. The molecule has 282 valence electrons. The van der Waals surface area contributed by atoms with E-state index in [1.807, 2.05) is 13.8 Å². The number of carbonyl (C=O) groups excluding carboxylic acids is 2. The highest BCUT2D eigenvalue weighted by molar-refractivity contribution is 6.21. The zero-order valence-corrected chi connectivity index (χ0v) is 31.3. The van der Waals surface area contributed by atoms with E-state index >= 15 is 0 Å². The summed E-state index contributed by atoms with van der Waals surface area (Å²) in [4.78, 5) is 32.9. The number of likely N-dealkylation sites (N-methyl/N-ethyl adjacent to an activating group) is 1. The summed E-state index contributed by atoms with van der Waals surface area (Å²) in [5, 5.41) is 57.3. The third-order valence-electron chi connectivity index (χ3n) is 10.8. The van der Waals surface area contributed by atoms with Gasteiger partial charge in [0.25, 0.3) is 5.78 Å². The average Bonchev–Trinajstić information content (AvgIpc) is 3.36. The first-order valence-electron chi connectivity index (χ1n) is 17.4. The number of allylic oxidation sites excluding steroid dienone is 2. The topological polar surface area (TPSA) is 188 Å². The maximum Gasteiger partial charge on any atom is 0.312 e. The van der Waals surface area contributed by atoms with Crippen LogP contribution >= 0.6 is 0 Å². The molecular weight excluding hydrogens is 672 g/mol. The highest BCUT2D eigenvalue weighted by Gasteiger charge is 2.50. The van der Waals surface area contributed by atoms with Gasteiger partial charge in [-0.15, -0.1) is 0 Å². The second-order valence-corrected chi connectivity index (χ2v) is 14.5. The van der Waals surface area contributed by atoms with E-state index in [1.54, 1.807) is 50.9 Å². The molecule has 0 spiro atoms. The molecule has 52 heavy (non-hydrogen) atoms. The quantitative estimate of drug-likeness (QED) is 0.199. The summed E-state index contributed by atoms with van der Waals surface area (Å²) in [5.41, 5.74) is 1.09. The van der Waals surface area contributed by atoms with Crippen molar-refractivity contribution in [3.05, 3.63) is 52.8 Å². The Morgan fingerprint density at radius 1 is 0.981 bits per heavy atom. The van der Waals surface area contributed by atoms with E-state index < -0.39 is 71.2 Å². The minimum absolute atomic E-state index is 0.00933. The smallest absolute Gasteiger partial charge is 0.312 e. The van der Waals surface area contributed by atoms with Gasteiger partial charge in [-0.25, -0.2) is 4.99 Å². The molecule has 0 saturated heterocycles. The van der Waals surface area contributed by atoms with Crippen molar-refractivity contribution in [2.75, 3.05) is 14.2 Å². The molecule has 0 saturated carbocycles. The van der Waals surface area contributed by atoms with Gasteiger partial charge in [0, 0.05) is 68.2 Å². The van der Waals surface area contributed by atoms with Gasteiger partial charge < -0.3 is 49.4 Å². The number of carbonyl (C=O) groups is 2. The number of ether oxygens (including phenoxy) is 4. The van der Waals surface area contributed by atoms with Crippen LogP contribution in [-0.2, 0) is 25.5 Å². The largest absolute Gasteiger partial charge is 0.507 e. The van der Waals surface area contributed by atoms with E-state index in [1.165, 1.54) is 40.2 Å². The number of Topliss-reactive ketones (excluding diaryl/α,β-unsaturated/α-hetero) is 1. The highest BCUT2D eigenvalue weighted by atomic mass is 16.7. The molecule has 5 heterocycles. The minimum atomic E-state index is -1.95.